The molecule has 0 aliphatic heterocycles. The molecule has 1 aliphatic carbocycles. The number of benzene rings is 1. The van der Waals surface area contributed by atoms with Gasteiger partial charge in [-0.3, -0.25) is 4.98 Å². The second kappa shape index (κ2) is 6.54. The molecule has 0 unspecified atom stereocenters. The Labute approximate surface area is 150 Å². The molecule has 25 heavy (non-hydrogen) atoms. The second-order valence-electron chi connectivity index (χ2n) is 7.97. The average Bonchev–Trinajstić information content (AvgIpc) is 3.33. The van der Waals surface area contributed by atoms with E-state index in [-0.39, 0.29) is 5.41 Å². The van der Waals surface area contributed by atoms with Crippen LogP contribution in [0.25, 0.3) is 0 Å². The van der Waals surface area contributed by atoms with Crippen LogP contribution in [0.15, 0.2) is 47.6 Å². The zero-order valence-electron chi connectivity index (χ0n) is 15.3. The number of sulfonamides is 1. The van der Waals surface area contributed by atoms with Gasteiger partial charge in [0.1, 0.15) is 0 Å². The number of nitrogens with zero attached hydrogens (tertiary/aromatic N) is 1. The van der Waals surface area contributed by atoms with Crippen molar-refractivity contribution < 1.29 is 8.42 Å². The van der Waals surface area contributed by atoms with Crippen LogP contribution in [0.3, 0.4) is 0 Å². The third kappa shape index (κ3) is 4.10. The van der Waals surface area contributed by atoms with Gasteiger partial charge in [0.05, 0.1) is 4.90 Å². The lowest BCUT2D eigenvalue weighted by Gasteiger charge is -2.21. The molecule has 0 saturated heterocycles. The van der Waals surface area contributed by atoms with E-state index in [1.807, 2.05) is 37.4 Å². The van der Waals surface area contributed by atoms with Crippen LogP contribution in [0.4, 0.5) is 0 Å². The van der Waals surface area contributed by atoms with E-state index in [2.05, 4.69) is 36.5 Å². The van der Waals surface area contributed by atoms with Crippen LogP contribution < -0.4 is 4.72 Å². The fourth-order valence-corrected chi connectivity index (χ4v) is 4.49. The molecule has 0 spiro atoms. The molecule has 1 heterocycles. The van der Waals surface area contributed by atoms with Crippen molar-refractivity contribution in [2.45, 2.75) is 50.3 Å². The van der Waals surface area contributed by atoms with Gasteiger partial charge in [0.15, 0.2) is 0 Å². The lowest BCUT2D eigenvalue weighted by molar-refractivity contribution is 0.571. The Morgan fingerprint density at radius 1 is 1.24 bits per heavy atom. The third-order valence-electron chi connectivity index (χ3n) is 4.91. The maximum Gasteiger partial charge on any atom is 0.240 e. The summed E-state index contributed by atoms with van der Waals surface area (Å²) in [5.41, 5.74) is 2.91. The highest BCUT2D eigenvalue weighted by atomic mass is 32.2. The molecule has 4 nitrogen and oxygen atoms in total. The lowest BCUT2D eigenvalue weighted by atomic mass is 9.87. The highest BCUT2D eigenvalue weighted by Crippen LogP contribution is 2.46. The van der Waals surface area contributed by atoms with Crippen molar-refractivity contribution in [2.24, 2.45) is 5.92 Å². The number of rotatable bonds is 5. The van der Waals surface area contributed by atoms with Gasteiger partial charge in [0, 0.05) is 18.9 Å². The Balaban J connectivity index is 1.71. The van der Waals surface area contributed by atoms with Crippen LogP contribution in [0.5, 0.6) is 0 Å². The van der Waals surface area contributed by atoms with Crippen molar-refractivity contribution in [3.63, 3.8) is 0 Å². The lowest BCUT2D eigenvalue weighted by Crippen LogP contribution is -2.27. The van der Waals surface area contributed by atoms with Gasteiger partial charge in [-0.05, 0) is 59.4 Å². The van der Waals surface area contributed by atoms with Gasteiger partial charge in [-0.25, -0.2) is 13.1 Å². The highest BCUT2D eigenvalue weighted by Gasteiger charge is 2.39. The molecular weight excluding hydrogens is 332 g/mol. The molecule has 1 fully saturated rings. The Morgan fingerprint density at radius 3 is 2.64 bits per heavy atom. The van der Waals surface area contributed by atoms with Crippen LogP contribution in [0.1, 0.15) is 49.8 Å². The summed E-state index contributed by atoms with van der Waals surface area (Å²) < 4.78 is 28.4. The van der Waals surface area contributed by atoms with E-state index in [4.69, 9.17) is 0 Å². The topological polar surface area (TPSA) is 59.1 Å². The van der Waals surface area contributed by atoms with Crippen LogP contribution in [-0.2, 0) is 15.4 Å². The Morgan fingerprint density at radius 2 is 2.00 bits per heavy atom. The number of aryl methyl sites for hydroxylation is 1. The molecule has 1 saturated carbocycles. The number of nitrogens with one attached hydrogen (secondary N) is 1. The van der Waals surface area contributed by atoms with Gasteiger partial charge < -0.3 is 0 Å². The first-order valence-electron chi connectivity index (χ1n) is 8.69. The average molecular weight is 359 g/mol. The molecule has 0 amide bonds. The molecule has 134 valence electrons. The molecule has 0 radical (unpaired) electrons. The summed E-state index contributed by atoms with van der Waals surface area (Å²) in [4.78, 5) is 4.53. The van der Waals surface area contributed by atoms with Crippen molar-refractivity contribution >= 4 is 10.0 Å². The molecule has 2 aromatic rings. The fraction of sp³-hybridized carbons (Fsp3) is 0.450. The maximum absolute atomic E-state index is 12.8. The fourth-order valence-electron chi connectivity index (χ4n) is 3.13. The summed E-state index contributed by atoms with van der Waals surface area (Å²) in [7, 11) is -3.50. The van der Waals surface area contributed by atoms with Gasteiger partial charge in [-0.1, -0.05) is 39.0 Å². The summed E-state index contributed by atoms with van der Waals surface area (Å²) >= 11 is 0. The van der Waals surface area contributed by atoms with Gasteiger partial charge in [0.2, 0.25) is 10.0 Å². The molecule has 1 N–H and O–H groups in total. The largest absolute Gasteiger partial charge is 0.264 e. The van der Waals surface area contributed by atoms with E-state index in [0.29, 0.717) is 23.3 Å². The van der Waals surface area contributed by atoms with Crippen LogP contribution in [0, 0.1) is 12.8 Å². The first-order valence-corrected chi connectivity index (χ1v) is 10.2. The van der Waals surface area contributed by atoms with E-state index in [1.54, 1.807) is 6.20 Å². The molecule has 5 heteroatoms. The van der Waals surface area contributed by atoms with Gasteiger partial charge in [0.25, 0.3) is 0 Å². The van der Waals surface area contributed by atoms with Crippen LogP contribution >= 0.6 is 0 Å². The van der Waals surface area contributed by atoms with Crippen molar-refractivity contribution in [2.75, 3.05) is 6.54 Å². The molecular formula is C20H26N2O2S. The monoisotopic (exact) mass is 358 g/mol. The number of aromatic nitrogens is 1. The standard InChI is InChI=1S/C20H26N2O2S/c1-14-7-8-17(20(2,3)4)11-19(14)25(23,24)22-13-16-10-18(16)15-6-5-9-21-12-15/h5-9,11-12,16,18,22H,10,13H2,1-4H3/t16-,18-/m0/s1. The summed E-state index contributed by atoms with van der Waals surface area (Å²) in [5, 5.41) is 0. The third-order valence-corrected chi connectivity index (χ3v) is 6.48. The molecule has 0 bridgehead atoms. The molecule has 1 aliphatic rings. The van der Waals surface area contributed by atoms with Crippen LogP contribution in [-0.4, -0.2) is 19.9 Å². The van der Waals surface area contributed by atoms with Crippen molar-refractivity contribution in [1.29, 1.82) is 0 Å². The Kier molecular flexibility index (Phi) is 4.73. The quantitative estimate of drug-likeness (QED) is 0.885. The normalized spacial score (nSPS) is 20.5. The number of hydrogen-bond donors (Lipinski definition) is 1. The van der Waals surface area contributed by atoms with E-state index in [0.717, 1.165) is 17.5 Å². The summed E-state index contributed by atoms with van der Waals surface area (Å²) in [6, 6.07) is 9.70. The van der Waals surface area contributed by atoms with Crippen molar-refractivity contribution in [3.8, 4) is 0 Å². The predicted molar refractivity (Wildman–Crippen MR) is 100 cm³/mol. The van der Waals surface area contributed by atoms with Crippen molar-refractivity contribution in [1.82, 2.24) is 9.71 Å². The Hall–Kier alpha value is -1.72. The molecule has 1 aromatic carbocycles. The van der Waals surface area contributed by atoms with E-state index in [9.17, 15) is 8.42 Å². The summed E-state index contributed by atoms with van der Waals surface area (Å²) in [6.07, 6.45) is 4.64. The summed E-state index contributed by atoms with van der Waals surface area (Å²) in [6.45, 7) is 8.58. The number of pyridine rings is 1. The van der Waals surface area contributed by atoms with Crippen LogP contribution in [0.2, 0.25) is 0 Å². The second-order valence-corrected chi connectivity index (χ2v) is 9.71. The maximum atomic E-state index is 12.8. The Bertz CT molecular complexity index is 855. The minimum absolute atomic E-state index is 0.0835. The zero-order chi connectivity index (χ0) is 18.2. The smallest absolute Gasteiger partial charge is 0.240 e. The molecule has 2 atom stereocenters. The first-order chi connectivity index (χ1) is 11.7. The molecule has 3 rings (SSSR count). The van der Waals surface area contributed by atoms with Gasteiger partial charge in [-0.2, -0.15) is 0 Å². The SMILES string of the molecule is Cc1ccc(C(C)(C)C)cc1S(=O)(=O)NC[C@@H]1C[C@H]1c1cccnc1. The predicted octanol–water partition coefficient (Wildman–Crippen LogP) is 3.77. The first kappa shape index (κ1) is 18.1. The van der Waals surface area contributed by atoms with E-state index < -0.39 is 10.0 Å². The van der Waals surface area contributed by atoms with Gasteiger partial charge >= 0.3 is 0 Å². The van der Waals surface area contributed by atoms with Gasteiger partial charge in [-0.15, -0.1) is 0 Å². The van der Waals surface area contributed by atoms with E-state index >= 15 is 0 Å². The molecule has 1 aromatic heterocycles. The summed E-state index contributed by atoms with van der Waals surface area (Å²) in [5.74, 6) is 0.767. The highest BCUT2D eigenvalue weighted by molar-refractivity contribution is 7.89. The number of hydrogen-bond acceptors (Lipinski definition) is 3. The van der Waals surface area contributed by atoms with E-state index in [1.165, 1.54) is 5.56 Å². The minimum atomic E-state index is -3.50. The van der Waals surface area contributed by atoms with Crippen molar-refractivity contribution in [3.05, 3.63) is 59.4 Å². The zero-order valence-corrected chi connectivity index (χ0v) is 16.1. The minimum Gasteiger partial charge on any atom is -0.264 e.